The van der Waals surface area contributed by atoms with Crippen molar-refractivity contribution in [3.63, 3.8) is 0 Å². The number of carbonyl (C=O) groups excluding carboxylic acids is 1. The summed E-state index contributed by atoms with van der Waals surface area (Å²) in [7, 11) is 1.65. The Morgan fingerprint density at radius 2 is 1.81 bits per heavy atom. The predicted octanol–water partition coefficient (Wildman–Crippen LogP) is 3.20. The van der Waals surface area contributed by atoms with Gasteiger partial charge in [-0.15, -0.1) is 0 Å². The first kappa shape index (κ1) is 13.2. The standard InChI is InChI=1S/C17H15NO3/c1-20-14-7-4-12(5-8-14)2-3-13-6-9-16-15(10-13)18-17(19)11-21-16/h2-10H,11H2,1H3,(H,18,19)/b3-2+. The molecule has 0 saturated carbocycles. The predicted molar refractivity (Wildman–Crippen MR) is 82.5 cm³/mol. The molecule has 0 fully saturated rings. The summed E-state index contributed by atoms with van der Waals surface area (Å²) in [4.78, 5) is 11.3. The third kappa shape index (κ3) is 3.05. The molecular formula is C17H15NO3. The van der Waals surface area contributed by atoms with Crippen LogP contribution in [0.2, 0.25) is 0 Å². The van der Waals surface area contributed by atoms with Gasteiger partial charge in [-0.05, 0) is 35.4 Å². The lowest BCUT2D eigenvalue weighted by molar-refractivity contribution is -0.118. The van der Waals surface area contributed by atoms with Gasteiger partial charge in [0.05, 0.1) is 12.8 Å². The van der Waals surface area contributed by atoms with E-state index in [0.717, 1.165) is 16.9 Å². The Balaban J connectivity index is 1.79. The molecule has 1 N–H and O–H groups in total. The van der Waals surface area contributed by atoms with Crippen LogP contribution >= 0.6 is 0 Å². The van der Waals surface area contributed by atoms with E-state index in [1.54, 1.807) is 7.11 Å². The zero-order chi connectivity index (χ0) is 14.7. The van der Waals surface area contributed by atoms with Crippen molar-refractivity contribution in [3.05, 3.63) is 53.6 Å². The number of nitrogens with one attached hydrogen (secondary N) is 1. The second-order valence-electron chi connectivity index (χ2n) is 4.70. The van der Waals surface area contributed by atoms with Gasteiger partial charge in [0.25, 0.3) is 5.91 Å². The highest BCUT2D eigenvalue weighted by atomic mass is 16.5. The van der Waals surface area contributed by atoms with E-state index in [-0.39, 0.29) is 12.5 Å². The van der Waals surface area contributed by atoms with Crippen LogP contribution in [0.4, 0.5) is 5.69 Å². The normalized spacial score (nSPS) is 13.5. The van der Waals surface area contributed by atoms with E-state index in [9.17, 15) is 4.79 Å². The highest BCUT2D eigenvalue weighted by molar-refractivity contribution is 5.95. The third-order valence-electron chi connectivity index (χ3n) is 3.22. The van der Waals surface area contributed by atoms with Crippen molar-refractivity contribution in [1.82, 2.24) is 0 Å². The van der Waals surface area contributed by atoms with Crippen LogP contribution in [-0.2, 0) is 4.79 Å². The SMILES string of the molecule is COc1ccc(/C=C/c2ccc3c(c2)NC(=O)CO3)cc1. The number of amides is 1. The van der Waals surface area contributed by atoms with Crippen LogP contribution in [0, 0.1) is 0 Å². The highest BCUT2D eigenvalue weighted by Crippen LogP contribution is 2.29. The number of ether oxygens (including phenoxy) is 2. The zero-order valence-electron chi connectivity index (χ0n) is 11.6. The monoisotopic (exact) mass is 281 g/mol. The average molecular weight is 281 g/mol. The summed E-state index contributed by atoms with van der Waals surface area (Å²) in [6.07, 6.45) is 4.00. The number of anilines is 1. The van der Waals surface area contributed by atoms with Crippen molar-refractivity contribution in [1.29, 1.82) is 0 Å². The highest BCUT2D eigenvalue weighted by Gasteiger charge is 2.15. The lowest BCUT2D eigenvalue weighted by atomic mass is 10.1. The number of benzene rings is 2. The van der Waals surface area contributed by atoms with Crippen LogP contribution in [0.15, 0.2) is 42.5 Å². The quantitative estimate of drug-likeness (QED) is 0.879. The van der Waals surface area contributed by atoms with Crippen LogP contribution < -0.4 is 14.8 Å². The Labute approximate surface area is 123 Å². The molecule has 1 aliphatic rings. The fraction of sp³-hybridized carbons (Fsp3) is 0.118. The second-order valence-corrected chi connectivity index (χ2v) is 4.70. The molecule has 4 heteroatoms. The van der Waals surface area contributed by atoms with Gasteiger partial charge in [0.15, 0.2) is 6.61 Å². The molecule has 0 aliphatic carbocycles. The molecule has 4 nitrogen and oxygen atoms in total. The van der Waals surface area contributed by atoms with Crippen LogP contribution in [-0.4, -0.2) is 19.6 Å². The molecule has 21 heavy (non-hydrogen) atoms. The van der Waals surface area contributed by atoms with E-state index in [1.807, 2.05) is 54.6 Å². The lowest BCUT2D eigenvalue weighted by Crippen LogP contribution is -2.25. The first-order valence-corrected chi connectivity index (χ1v) is 6.63. The van der Waals surface area contributed by atoms with Crippen molar-refractivity contribution in [3.8, 4) is 11.5 Å². The van der Waals surface area contributed by atoms with Gasteiger partial charge in [0.1, 0.15) is 11.5 Å². The summed E-state index contributed by atoms with van der Waals surface area (Å²) in [6, 6.07) is 13.5. The van der Waals surface area contributed by atoms with Crippen molar-refractivity contribution in [2.24, 2.45) is 0 Å². The molecule has 1 heterocycles. The van der Waals surface area contributed by atoms with Crippen molar-refractivity contribution in [2.75, 3.05) is 19.0 Å². The van der Waals surface area contributed by atoms with E-state index in [1.165, 1.54) is 0 Å². The molecule has 0 atom stereocenters. The summed E-state index contributed by atoms with van der Waals surface area (Å²) in [5, 5.41) is 2.80. The smallest absolute Gasteiger partial charge is 0.262 e. The molecule has 2 aromatic rings. The lowest BCUT2D eigenvalue weighted by Gasteiger charge is -2.17. The summed E-state index contributed by atoms with van der Waals surface area (Å²) < 4.78 is 10.5. The maximum absolute atomic E-state index is 11.3. The van der Waals surface area contributed by atoms with Gasteiger partial charge in [-0.3, -0.25) is 4.79 Å². The van der Waals surface area contributed by atoms with Gasteiger partial charge in [-0.25, -0.2) is 0 Å². The Morgan fingerprint density at radius 1 is 1.10 bits per heavy atom. The van der Waals surface area contributed by atoms with Crippen molar-refractivity contribution >= 4 is 23.7 Å². The first-order valence-electron chi connectivity index (χ1n) is 6.63. The van der Waals surface area contributed by atoms with Gasteiger partial charge in [0.2, 0.25) is 0 Å². The molecule has 0 saturated heterocycles. The maximum Gasteiger partial charge on any atom is 0.262 e. The topological polar surface area (TPSA) is 47.6 Å². The first-order chi connectivity index (χ1) is 10.2. The molecular weight excluding hydrogens is 266 g/mol. The molecule has 1 aliphatic heterocycles. The van der Waals surface area contributed by atoms with E-state index in [2.05, 4.69) is 5.32 Å². The summed E-state index contributed by atoms with van der Waals surface area (Å²) in [6.45, 7) is 0.0774. The largest absolute Gasteiger partial charge is 0.497 e. The molecule has 2 aromatic carbocycles. The minimum atomic E-state index is -0.126. The molecule has 0 spiro atoms. The second kappa shape index (κ2) is 5.71. The fourth-order valence-corrected chi connectivity index (χ4v) is 2.11. The molecule has 0 radical (unpaired) electrons. The zero-order valence-corrected chi connectivity index (χ0v) is 11.6. The average Bonchev–Trinajstić information content (AvgIpc) is 2.53. The molecule has 3 rings (SSSR count). The molecule has 106 valence electrons. The van der Waals surface area contributed by atoms with Crippen LogP contribution in [0.1, 0.15) is 11.1 Å². The van der Waals surface area contributed by atoms with Crippen molar-refractivity contribution < 1.29 is 14.3 Å². The summed E-state index contributed by atoms with van der Waals surface area (Å²) in [5.74, 6) is 1.41. The van der Waals surface area contributed by atoms with Gasteiger partial charge in [0, 0.05) is 0 Å². The number of rotatable bonds is 3. The summed E-state index contributed by atoms with van der Waals surface area (Å²) in [5.41, 5.74) is 2.78. The number of methoxy groups -OCH3 is 1. The third-order valence-corrected chi connectivity index (χ3v) is 3.22. The molecule has 1 amide bonds. The Bertz CT molecular complexity index is 690. The van der Waals surface area contributed by atoms with Gasteiger partial charge in [-0.1, -0.05) is 30.4 Å². The van der Waals surface area contributed by atoms with Gasteiger partial charge in [-0.2, -0.15) is 0 Å². The van der Waals surface area contributed by atoms with Crippen LogP contribution in [0.5, 0.6) is 11.5 Å². The Hall–Kier alpha value is -2.75. The van der Waals surface area contributed by atoms with E-state index in [0.29, 0.717) is 11.4 Å². The van der Waals surface area contributed by atoms with Gasteiger partial charge < -0.3 is 14.8 Å². The summed E-state index contributed by atoms with van der Waals surface area (Å²) >= 11 is 0. The van der Waals surface area contributed by atoms with Crippen molar-refractivity contribution in [2.45, 2.75) is 0 Å². The molecule has 0 unspecified atom stereocenters. The van der Waals surface area contributed by atoms with E-state index in [4.69, 9.17) is 9.47 Å². The fourth-order valence-electron chi connectivity index (χ4n) is 2.11. The van der Waals surface area contributed by atoms with Gasteiger partial charge >= 0.3 is 0 Å². The van der Waals surface area contributed by atoms with E-state index < -0.39 is 0 Å². The Kier molecular flexibility index (Phi) is 3.60. The number of carbonyl (C=O) groups is 1. The minimum absolute atomic E-state index is 0.0774. The number of fused-ring (bicyclic) bond motifs is 1. The molecule has 0 bridgehead atoms. The Morgan fingerprint density at radius 3 is 2.57 bits per heavy atom. The van der Waals surface area contributed by atoms with Crippen LogP contribution in [0.25, 0.3) is 12.2 Å². The van der Waals surface area contributed by atoms with Crippen LogP contribution in [0.3, 0.4) is 0 Å². The number of hydrogen-bond acceptors (Lipinski definition) is 3. The van der Waals surface area contributed by atoms with E-state index >= 15 is 0 Å². The number of hydrogen-bond donors (Lipinski definition) is 1. The molecule has 0 aromatic heterocycles. The maximum atomic E-state index is 11.3. The minimum Gasteiger partial charge on any atom is -0.497 e.